The average molecular weight is 385 g/mol. The first-order chi connectivity index (χ1) is 11.7. The molecule has 0 aliphatic carbocycles. The van der Waals surface area contributed by atoms with Crippen LogP contribution in [0.5, 0.6) is 0 Å². The summed E-state index contributed by atoms with van der Waals surface area (Å²) < 4.78 is 0. The van der Waals surface area contributed by atoms with E-state index in [1.807, 2.05) is 0 Å². The first-order valence-electron chi connectivity index (χ1n) is 6.65. The number of carbonyl (C=O) groups excluding carboxylic acids is 1. The summed E-state index contributed by atoms with van der Waals surface area (Å²) in [6, 6.07) is 6.00. The molecule has 11 heteroatoms. The second-order valence-electron chi connectivity index (χ2n) is 4.76. The van der Waals surface area contributed by atoms with Gasteiger partial charge in [0.15, 0.2) is 0 Å². The Morgan fingerprint density at radius 1 is 1.00 bits per heavy atom. The zero-order chi connectivity index (χ0) is 18.7. The molecule has 1 amide bonds. The fourth-order valence-electron chi connectivity index (χ4n) is 2.13. The van der Waals surface area contributed by atoms with E-state index < -0.39 is 27.1 Å². The molecule has 0 aliphatic rings. The maximum Gasteiger partial charge on any atom is 0.300 e. The van der Waals surface area contributed by atoms with Crippen LogP contribution < -0.4 is 10.6 Å². The molecule has 25 heavy (non-hydrogen) atoms. The van der Waals surface area contributed by atoms with Gasteiger partial charge in [-0.1, -0.05) is 23.2 Å². The molecule has 0 fully saturated rings. The predicted octanol–water partition coefficient (Wildman–Crippen LogP) is 4.10. The van der Waals surface area contributed by atoms with Crippen LogP contribution in [0.4, 0.5) is 22.7 Å². The zero-order valence-corrected chi connectivity index (χ0v) is 14.1. The normalized spacial score (nSPS) is 10.2. The van der Waals surface area contributed by atoms with Gasteiger partial charge in [0.2, 0.25) is 0 Å². The molecule has 0 spiro atoms. The smallest absolute Gasteiger partial charge is 0.300 e. The lowest BCUT2D eigenvalue weighted by Crippen LogP contribution is -2.15. The highest BCUT2D eigenvalue weighted by molar-refractivity contribution is 6.35. The topological polar surface area (TPSA) is 127 Å². The Kier molecular flexibility index (Phi) is 5.40. The number of hydrogen-bond donors (Lipinski definition) is 2. The summed E-state index contributed by atoms with van der Waals surface area (Å²) in [5, 5.41) is 27.7. The van der Waals surface area contributed by atoms with Gasteiger partial charge in [0.1, 0.15) is 5.69 Å². The van der Waals surface area contributed by atoms with Gasteiger partial charge in [0, 0.05) is 28.8 Å². The van der Waals surface area contributed by atoms with E-state index in [0.717, 1.165) is 12.1 Å². The molecular formula is C14H10Cl2N4O5. The van der Waals surface area contributed by atoms with Crippen LogP contribution in [0.1, 0.15) is 10.4 Å². The number of carbonyl (C=O) groups is 1. The molecule has 0 heterocycles. The Labute approximate surface area is 150 Å². The summed E-state index contributed by atoms with van der Waals surface area (Å²) in [6.07, 6.45) is 0. The van der Waals surface area contributed by atoms with E-state index in [-0.39, 0.29) is 27.0 Å². The molecule has 2 rings (SSSR count). The lowest BCUT2D eigenvalue weighted by molar-refractivity contribution is -0.393. The van der Waals surface area contributed by atoms with Crippen molar-refractivity contribution in [1.29, 1.82) is 0 Å². The monoisotopic (exact) mass is 384 g/mol. The van der Waals surface area contributed by atoms with Crippen molar-refractivity contribution in [2.45, 2.75) is 0 Å². The summed E-state index contributed by atoms with van der Waals surface area (Å²) >= 11 is 11.7. The number of halogens is 2. The van der Waals surface area contributed by atoms with Crippen molar-refractivity contribution in [3.63, 3.8) is 0 Å². The van der Waals surface area contributed by atoms with E-state index >= 15 is 0 Å². The molecule has 0 aromatic heterocycles. The van der Waals surface area contributed by atoms with Gasteiger partial charge >= 0.3 is 0 Å². The Hall–Kier alpha value is -2.91. The van der Waals surface area contributed by atoms with Crippen molar-refractivity contribution in [2.24, 2.45) is 0 Å². The Morgan fingerprint density at radius 3 is 2.08 bits per heavy atom. The fourth-order valence-corrected chi connectivity index (χ4v) is 2.65. The average Bonchev–Trinajstić information content (AvgIpc) is 2.52. The van der Waals surface area contributed by atoms with E-state index in [2.05, 4.69) is 10.6 Å². The lowest BCUT2D eigenvalue weighted by Gasteiger charge is -2.11. The summed E-state index contributed by atoms with van der Waals surface area (Å²) in [6.45, 7) is 0. The first kappa shape index (κ1) is 18.4. The van der Waals surface area contributed by atoms with Gasteiger partial charge in [0.25, 0.3) is 17.3 Å². The van der Waals surface area contributed by atoms with Gasteiger partial charge < -0.3 is 10.6 Å². The van der Waals surface area contributed by atoms with Crippen molar-refractivity contribution in [3.8, 4) is 0 Å². The van der Waals surface area contributed by atoms with Gasteiger partial charge in [-0.15, -0.1) is 0 Å². The molecule has 9 nitrogen and oxygen atoms in total. The van der Waals surface area contributed by atoms with E-state index in [1.54, 1.807) is 0 Å². The maximum atomic E-state index is 12.5. The van der Waals surface area contributed by atoms with Crippen LogP contribution in [-0.2, 0) is 0 Å². The molecule has 0 radical (unpaired) electrons. The van der Waals surface area contributed by atoms with Gasteiger partial charge in [-0.3, -0.25) is 25.0 Å². The first-order valence-corrected chi connectivity index (χ1v) is 7.40. The van der Waals surface area contributed by atoms with E-state index in [1.165, 1.54) is 25.2 Å². The second-order valence-corrected chi connectivity index (χ2v) is 5.64. The largest absolute Gasteiger partial charge is 0.382 e. The number of nitrogens with one attached hydrogen (secondary N) is 2. The molecule has 0 atom stereocenters. The third kappa shape index (κ3) is 4.14. The highest BCUT2D eigenvalue weighted by atomic mass is 35.5. The number of nitro benzene ring substituents is 2. The second kappa shape index (κ2) is 7.32. The molecule has 2 aromatic rings. The van der Waals surface area contributed by atoms with Crippen LogP contribution in [0.15, 0.2) is 30.3 Å². The van der Waals surface area contributed by atoms with Gasteiger partial charge in [-0.2, -0.15) is 0 Å². The van der Waals surface area contributed by atoms with Crippen molar-refractivity contribution in [3.05, 3.63) is 66.2 Å². The number of non-ortho nitro benzene ring substituents is 1. The molecule has 0 saturated carbocycles. The van der Waals surface area contributed by atoms with Crippen LogP contribution in [-0.4, -0.2) is 22.8 Å². The molecule has 130 valence electrons. The van der Waals surface area contributed by atoms with Gasteiger partial charge in [-0.25, -0.2) is 0 Å². The van der Waals surface area contributed by atoms with E-state index in [0.29, 0.717) is 0 Å². The minimum atomic E-state index is -0.820. The third-order valence-corrected chi connectivity index (χ3v) is 3.56. The highest BCUT2D eigenvalue weighted by Gasteiger charge is 2.27. The number of nitro groups is 2. The quantitative estimate of drug-likeness (QED) is 0.589. The van der Waals surface area contributed by atoms with Gasteiger partial charge in [-0.05, 0) is 18.2 Å². The number of amides is 1. The molecule has 0 bridgehead atoms. The van der Waals surface area contributed by atoms with Crippen molar-refractivity contribution in [1.82, 2.24) is 0 Å². The van der Waals surface area contributed by atoms with Crippen molar-refractivity contribution in [2.75, 3.05) is 17.7 Å². The predicted molar refractivity (Wildman–Crippen MR) is 93.7 cm³/mol. The minimum Gasteiger partial charge on any atom is -0.382 e. The summed E-state index contributed by atoms with van der Waals surface area (Å²) in [5.74, 6) is -0.797. The van der Waals surface area contributed by atoms with Crippen LogP contribution >= 0.6 is 23.2 Å². The van der Waals surface area contributed by atoms with Crippen LogP contribution in [0.3, 0.4) is 0 Å². The standard InChI is InChI=1S/C14H10Cl2N4O5/c1-17-13-11(5-10(19(22)23)6-12(13)20(24)25)14(21)18-9-3-7(15)2-8(16)4-9/h2-6,17H,1H3,(H,18,21). The molecule has 0 aliphatic heterocycles. The summed E-state index contributed by atoms with van der Waals surface area (Å²) in [4.78, 5) is 33.0. The Morgan fingerprint density at radius 2 is 1.60 bits per heavy atom. The maximum absolute atomic E-state index is 12.5. The molecule has 2 aromatic carbocycles. The van der Waals surface area contributed by atoms with Crippen molar-refractivity contribution >= 4 is 51.9 Å². The molecular weight excluding hydrogens is 375 g/mol. The zero-order valence-electron chi connectivity index (χ0n) is 12.6. The SMILES string of the molecule is CNc1c(C(=O)Nc2cc(Cl)cc(Cl)c2)cc([N+](=O)[O-])cc1[N+](=O)[O-]. The summed E-state index contributed by atoms with van der Waals surface area (Å²) in [7, 11) is 1.36. The van der Waals surface area contributed by atoms with Gasteiger partial charge in [0.05, 0.1) is 21.5 Å². The summed E-state index contributed by atoms with van der Waals surface area (Å²) in [5.41, 5.74) is -1.36. The molecule has 0 unspecified atom stereocenters. The van der Waals surface area contributed by atoms with Crippen LogP contribution in [0, 0.1) is 20.2 Å². The fraction of sp³-hybridized carbons (Fsp3) is 0.0714. The highest BCUT2D eigenvalue weighted by Crippen LogP contribution is 2.34. The lowest BCUT2D eigenvalue weighted by atomic mass is 10.1. The number of nitrogens with zero attached hydrogens (tertiary/aromatic N) is 2. The molecule has 2 N–H and O–H groups in total. The van der Waals surface area contributed by atoms with E-state index in [9.17, 15) is 25.0 Å². The Balaban J connectivity index is 2.53. The number of benzene rings is 2. The number of hydrogen-bond acceptors (Lipinski definition) is 6. The van der Waals surface area contributed by atoms with Crippen LogP contribution in [0.2, 0.25) is 10.0 Å². The van der Waals surface area contributed by atoms with Crippen LogP contribution in [0.25, 0.3) is 0 Å². The third-order valence-electron chi connectivity index (χ3n) is 3.12. The van der Waals surface area contributed by atoms with Crippen molar-refractivity contribution < 1.29 is 14.6 Å². The Bertz CT molecular complexity index is 868. The van der Waals surface area contributed by atoms with E-state index in [4.69, 9.17) is 23.2 Å². The molecule has 0 saturated heterocycles. The minimum absolute atomic E-state index is 0.152. The number of rotatable bonds is 5. The number of anilines is 2.